The number of hydrogen-bond donors (Lipinski definition) is 1. The van der Waals surface area contributed by atoms with Gasteiger partial charge in [0.05, 0.1) is 13.2 Å². The molecule has 0 spiro atoms. The van der Waals surface area contributed by atoms with Crippen LogP contribution in [-0.4, -0.2) is 13.7 Å². The van der Waals surface area contributed by atoms with E-state index in [2.05, 4.69) is 26.1 Å². The summed E-state index contributed by atoms with van der Waals surface area (Å²) in [6.45, 7) is 3.94. The van der Waals surface area contributed by atoms with Crippen LogP contribution in [0.4, 0.5) is 0 Å². The van der Waals surface area contributed by atoms with Crippen LogP contribution in [0.3, 0.4) is 0 Å². The van der Waals surface area contributed by atoms with E-state index in [-0.39, 0.29) is 0 Å². The van der Waals surface area contributed by atoms with Gasteiger partial charge >= 0.3 is 0 Å². The molecule has 1 aromatic rings. The van der Waals surface area contributed by atoms with Crippen LogP contribution in [-0.2, 0) is 6.54 Å². The maximum Gasteiger partial charge on any atom is 0.119 e. The summed E-state index contributed by atoms with van der Waals surface area (Å²) < 4.78 is 5.58. The number of benzene rings is 1. The highest BCUT2D eigenvalue weighted by molar-refractivity contribution is 5.26. The van der Waals surface area contributed by atoms with Crippen molar-refractivity contribution >= 4 is 0 Å². The van der Waals surface area contributed by atoms with Gasteiger partial charge < -0.3 is 9.64 Å². The minimum Gasteiger partial charge on any atom is -0.494 e. The number of nitrogens with one attached hydrogen (secondary N) is 1. The van der Waals surface area contributed by atoms with Crippen molar-refractivity contribution in [2.45, 2.75) is 26.3 Å². The Hall–Kier alpha value is -1.02. The van der Waals surface area contributed by atoms with Crippen LogP contribution in [0.15, 0.2) is 24.3 Å². The molecule has 1 atom stereocenters. The zero-order chi connectivity index (χ0) is 11.1. The van der Waals surface area contributed by atoms with Crippen LogP contribution < -0.4 is 9.64 Å². The van der Waals surface area contributed by atoms with Crippen molar-refractivity contribution in [1.82, 2.24) is 0 Å². The first-order valence-corrected chi connectivity index (χ1v) is 5.58. The molecule has 0 radical (unpaired) electrons. The van der Waals surface area contributed by atoms with E-state index in [1.165, 1.54) is 16.9 Å². The van der Waals surface area contributed by atoms with Gasteiger partial charge in [-0.15, -0.1) is 0 Å². The quantitative estimate of drug-likeness (QED) is 0.553. The van der Waals surface area contributed by atoms with E-state index in [1.807, 2.05) is 19.2 Å². The SMILES string of the molecule is [CH2-][NH+](C)Cc1ccc(OCCCC)cc1. The molecule has 0 heterocycles. The van der Waals surface area contributed by atoms with Gasteiger partial charge in [-0.05, 0) is 30.7 Å². The molecule has 84 valence electrons. The fourth-order valence-electron chi connectivity index (χ4n) is 1.39. The second kappa shape index (κ2) is 6.46. The number of unbranched alkanes of at least 4 members (excludes halogenated alkanes) is 1. The number of quaternary nitrogens is 1. The topological polar surface area (TPSA) is 13.7 Å². The van der Waals surface area contributed by atoms with Crippen molar-refractivity contribution in [2.24, 2.45) is 0 Å². The van der Waals surface area contributed by atoms with Gasteiger partial charge in [0.25, 0.3) is 0 Å². The summed E-state index contributed by atoms with van der Waals surface area (Å²) in [6.07, 6.45) is 2.29. The Kier molecular flexibility index (Phi) is 5.19. The van der Waals surface area contributed by atoms with Crippen LogP contribution in [0.1, 0.15) is 25.3 Å². The fourth-order valence-corrected chi connectivity index (χ4v) is 1.39. The van der Waals surface area contributed by atoms with Gasteiger partial charge in [-0.1, -0.05) is 13.3 Å². The van der Waals surface area contributed by atoms with Crippen molar-refractivity contribution in [1.29, 1.82) is 0 Å². The van der Waals surface area contributed by atoms with Crippen LogP contribution in [0, 0.1) is 7.05 Å². The Morgan fingerprint density at radius 3 is 2.47 bits per heavy atom. The number of ether oxygens (including phenoxy) is 1. The van der Waals surface area contributed by atoms with E-state index in [9.17, 15) is 0 Å². The minimum absolute atomic E-state index is 0.816. The summed E-state index contributed by atoms with van der Waals surface area (Å²) in [5.41, 5.74) is 1.30. The molecule has 0 aliphatic heterocycles. The van der Waals surface area contributed by atoms with Crippen LogP contribution >= 0.6 is 0 Å². The lowest BCUT2D eigenvalue weighted by Gasteiger charge is -2.14. The lowest BCUT2D eigenvalue weighted by atomic mass is 10.2. The Morgan fingerprint density at radius 1 is 1.27 bits per heavy atom. The minimum atomic E-state index is 0.816. The molecule has 1 rings (SSSR count). The van der Waals surface area contributed by atoms with Crippen molar-refractivity contribution in [3.63, 3.8) is 0 Å². The van der Waals surface area contributed by atoms with E-state index in [1.54, 1.807) is 0 Å². The first kappa shape index (κ1) is 12.1. The van der Waals surface area contributed by atoms with E-state index >= 15 is 0 Å². The van der Waals surface area contributed by atoms with E-state index < -0.39 is 0 Å². The molecule has 0 fully saturated rings. The fraction of sp³-hybridized carbons (Fsp3) is 0.462. The third-order valence-electron chi connectivity index (χ3n) is 2.20. The molecule has 15 heavy (non-hydrogen) atoms. The maximum absolute atomic E-state index is 5.58. The van der Waals surface area contributed by atoms with Gasteiger partial charge in [-0.25, -0.2) is 0 Å². The molecular formula is C13H21NO. The Bertz CT molecular complexity index is 266. The average Bonchev–Trinajstić information content (AvgIpc) is 2.20. The van der Waals surface area contributed by atoms with Crippen LogP contribution in [0.2, 0.25) is 0 Å². The molecule has 0 aliphatic rings. The lowest BCUT2D eigenvalue weighted by molar-refractivity contribution is -0.846. The molecule has 1 N–H and O–H groups in total. The third-order valence-corrected chi connectivity index (χ3v) is 2.20. The Labute approximate surface area is 92.9 Å². The molecule has 0 bridgehead atoms. The highest BCUT2D eigenvalue weighted by Gasteiger charge is 1.96. The predicted octanol–water partition coefficient (Wildman–Crippen LogP) is 1.67. The zero-order valence-corrected chi connectivity index (χ0v) is 9.75. The molecule has 2 nitrogen and oxygen atoms in total. The highest BCUT2D eigenvalue weighted by atomic mass is 16.5. The monoisotopic (exact) mass is 207 g/mol. The van der Waals surface area contributed by atoms with Gasteiger partial charge in [0, 0.05) is 12.6 Å². The number of rotatable bonds is 6. The first-order valence-electron chi connectivity index (χ1n) is 5.58. The van der Waals surface area contributed by atoms with E-state index in [4.69, 9.17) is 4.74 Å². The second-order valence-electron chi connectivity index (χ2n) is 3.98. The van der Waals surface area contributed by atoms with E-state index in [0.717, 1.165) is 25.3 Å². The summed E-state index contributed by atoms with van der Waals surface area (Å²) in [6, 6.07) is 8.29. The number of hydrogen-bond acceptors (Lipinski definition) is 1. The standard InChI is InChI=1S/C13H21NO/c1-4-5-10-15-13-8-6-12(7-9-13)11-14(2)3/h6-9,14H,2,4-5,10-11H2,1,3H3. The molecule has 0 aliphatic carbocycles. The zero-order valence-electron chi connectivity index (χ0n) is 9.75. The molecule has 1 unspecified atom stereocenters. The smallest absolute Gasteiger partial charge is 0.119 e. The van der Waals surface area contributed by atoms with Gasteiger partial charge in [0.15, 0.2) is 0 Å². The highest BCUT2D eigenvalue weighted by Crippen LogP contribution is 2.12. The molecule has 0 aromatic heterocycles. The molecular weight excluding hydrogens is 186 g/mol. The average molecular weight is 207 g/mol. The van der Waals surface area contributed by atoms with E-state index in [0.29, 0.717) is 0 Å². The summed E-state index contributed by atoms with van der Waals surface area (Å²) in [5.74, 6) is 0.967. The summed E-state index contributed by atoms with van der Waals surface area (Å²) in [5, 5.41) is 0. The predicted molar refractivity (Wildman–Crippen MR) is 62.8 cm³/mol. The van der Waals surface area contributed by atoms with Gasteiger partial charge in [0.2, 0.25) is 0 Å². The summed E-state index contributed by atoms with van der Waals surface area (Å²) >= 11 is 0. The van der Waals surface area contributed by atoms with Gasteiger partial charge in [0.1, 0.15) is 5.75 Å². The first-order chi connectivity index (χ1) is 7.22. The third kappa shape index (κ3) is 4.84. The summed E-state index contributed by atoms with van der Waals surface area (Å²) in [4.78, 5) is 1.19. The lowest BCUT2D eigenvalue weighted by Crippen LogP contribution is -3.01. The summed E-state index contributed by atoms with van der Waals surface area (Å²) in [7, 11) is 5.95. The van der Waals surface area contributed by atoms with Crippen molar-refractivity contribution in [3.8, 4) is 5.75 Å². The molecule has 0 saturated carbocycles. The maximum atomic E-state index is 5.58. The Morgan fingerprint density at radius 2 is 1.93 bits per heavy atom. The van der Waals surface area contributed by atoms with Crippen molar-refractivity contribution in [3.05, 3.63) is 36.9 Å². The molecule has 1 aromatic carbocycles. The van der Waals surface area contributed by atoms with Crippen LogP contribution in [0.25, 0.3) is 0 Å². The van der Waals surface area contributed by atoms with Crippen LogP contribution in [0.5, 0.6) is 5.75 Å². The van der Waals surface area contributed by atoms with Crippen molar-refractivity contribution in [2.75, 3.05) is 13.7 Å². The Balaban J connectivity index is 2.42. The molecule has 2 heteroatoms. The normalized spacial score (nSPS) is 12.5. The molecule has 0 saturated heterocycles. The van der Waals surface area contributed by atoms with Crippen molar-refractivity contribution < 1.29 is 9.64 Å². The molecule has 0 amide bonds. The second-order valence-corrected chi connectivity index (χ2v) is 3.98. The van der Waals surface area contributed by atoms with Gasteiger partial charge in [-0.2, -0.15) is 7.05 Å². The largest absolute Gasteiger partial charge is 0.494 e. The van der Waals surface area contributed by atoms with Gasteiger partial charge in [-0.3, -0.25) is 0 Å².